The minimum atomic E-state index is -2.36. The summed E-state index contributed by atoms with van der Waals surface area (Å²) < 4.78 is 85.5. The Kier molecular flexibility index (Phi) is 9.68. The summed E-state index contributed by atoms with van der Waals surface area (Å²) in [5, 5.41) is 0. The zero-order valence-corrected chi connectivity index (χ0v) is 16.5. The molecule has 1 aliphatic rings. The van der Waals surface area contributed by atoms with Crippen molar-refractivity contribution in [3.63, 3.8) is 0 Å². The van der Waals surface area contributed by atoms with Crippen molar-refractivity contribution >= 4 is 17.8 Å². The van der Waals surface area contributed by atoms with E-state index in [1.807, 2.05) is 0 Å². The molecule has 1 aromatic carbocycles. The summed E-state index contributed by atoms with van der Waals surface area (Å²) in [4.78, 5) is 35.2. The lowest BCUT2D eigenvalue weighted by Gasteiger charge is -2.13. The third-order valence-electron chi connectivity index (χ3n) is 3.94. The first-order chi connectivity index (χ1) is 15.2. The molecule has 1 aliphatic heterocycles. The maximum atomic E-state index is 13.4. The van der Waals surface area contributed by atoms with E-state index in [0.717, 1.165) is 4.90 Å². The second-order valence-electron chi connectivity index (χ2n) is 6.12. The van der Waals surface area contributed by atoms with Gasteiger partial charge < -0.3 is 18.9 Å². The Labute approximate surface area is 178 Å². The van der Waals surface area contributed by atoms with Crippen molar-refractivity contribution in [1.29, 1.82) is 0 Å². The molecule has 1 aromatic rings. The molecule has 8 nitrogen and oxygen atoms in total. The van der Waals surface area contributed by atoms with Gasteiger partial charge in [-0.1, -0.05) is 0 Å². The van der Waals surface area contributed by atoms with Gasteiger partial charge in [0.1, 0.15) is 0 Å². The summed E-state index contributed by atoms with van der Waals surface area (Å²) >= 11 is 0. The minimum Gasteiger partial charge on any atom is -0.420 e. The summed E-state index contributed by atoms with van der Waals surface area (Å²) in [7, 11) is 0. The Morgan fingerprint density at radius 1 is 0.688 bits per heavy atom. The van der Waals surface area contributed by atoms with Gasteiger partial charge in [0, 0.05) is 12.2 Å². The standard InChI is InChI=1S/C19H18F5NO7/c20-14-15(21)17(23)19(18(24)16(14)22)32-13(28)3-5-29-7-9-31-10-8-30-6-4-25-11(26)1-2-12(25)27/h1-2H,3-10H2. The van der Waals surface area contributed by atoms with Crippen molar-refractivity contribution < 1.29 is 55.3 Å². The van der Waals surface area contributed by atoms with Crippen molar-refractivity contribution in [2.75, 3.05) is 46.2 Å². The fraction of sp³-hybridized carbons (Fsp3) is 0.421. The molecule has 2 rings (SSSR count). The molecule has 0 radical (unpaired) electrons. The SMILES string of the molecule is O=C(CCOCCOCCOCCN1C(=O)C=CC1=O)Oc1c(F)c(F)c(F)c(F)c1F. The highest BCUT2D eigenvalue weighted by molar-refractivity contribution is 6.12. The maximum Gasteiger partial charge on any atom is 0.313 e. The lowest BCUT2D eigenvalue weighted by atomic mass is 10.2. The number of carbonyl (C=O) groups is 3. The van der Waals surface area contributed by atoms with E-state index in [9.17, 15) is 36.3 Å². The number of imide groups is 1. The van der Waals surface area contributed by atoms with Gasteiger partial charge in [-0.3, -0.25) is 19.3 Å². The first-order valence-corrected chi connectivity index (χ1v) is 9.23. The molecule has 0 aromatic heterocycles. The van der Waals surface area contributed by atoms with Crippen LogP contribution in [0.4, 0.5) is 22.0 Å². The molecule has 0 unspecified atom stereocenters. The molecule has 1 heterocycles. The van der Waals surface area contributed by atoms with E-state index in [4.69, 9.17) is 14.2 Å². The highest BCUT2D eigenvalue weighted by atomic mass is 19.2. The van der Waals surface area contributed by atoms with Crippen LogP contribution in [-0.4, -0.2) is 68.9 Å². The van der Waals surface area contributed by atoms with Gasteiger partial charge in [0.05, 0.1) is 52.6 Å². The average molecular weight is 467 g/mol. The topological polar surface area (TPSA) is 91.4 Å². The minimum absolute atomic E-state index is 0.0399. The Hall–Kier alpha value is -2.90. The second-order valence-corrected chi connectivity index (χ2v) is 6.12. The van der Waals surface area contributed by atoms with Crippen molar-refractivity contribution in [3.05, 3.63) is 41.2 Å². The van der Waals surface area contributed by atoms with Gasteiger partial charge in [0.15, 0.2) is 0 Å². The zero-order chi connectivity index (χ0) is 23.7. The van der Waals surface area contributed by atoms with Crippen molar-refractivity contribution in [2.45, 2.75) is 6.42 Å². The fourth-order valence-electron chi connectivity index (χ4n) is 2.34. The predicted octanol–water partition coefficient (Wildman–Crippen LogP) is 1.65. The zero-order valence-electron chi connectivity index (χ0n) is 16.5. The van der Waals surface area contributed by atoms with Gasteiger partial charge >= 0.3 is 5.97 Å². The highest BCUT2D eigenvalue weighted by Crippen LogP contribution is 2.29. The van der Waals surface area contributed by atoms with Crippen molar-refractivity contribution in [1.82, 2.24) is 4.90 Å². The molecule has 2 amide bonds. The van der Waals surface area contributed by atoms with Crippen LogP contribution in [0.15, 0.2) is 12.2 Å². The van der Waals surface area contributed by atoms with Crippen LogP contribution < -0.4 is 4.74 Å². The van der Waals surface area contributed by atoms with Gasteiger partial charge in [0.25, 0.3) is 11.8 Å². The quantitative estimate of drug-likeness (QED) is 0.0829. The molecule has 0 N–H and O–H groups in total. The summed E-state index contributed by atoms with van der Waals surface area (Å²) in [5.41, 5.74) is 0. The Morgan fingerprint density at radius 3 is 1.66 bits per heavy atom. The Balaban J connectivity index is 1.51. The second kappa shape index (κ2) is 12.2. The van der Waals surface area contributed by atoms with Gasteiger partial charge in [-0.25, -0.2) is 13.2 Å². The number of hydrogen-bond donors (Lipinski definition) is 0. The average Bonchev–Trinajstić information content (AvgIpc) is 3.09. The number of amides is 2. The van der Waals surface area contributed by atoms with Gasteiger partial charge in [0.2, 0.25) is 34.8 Å². The van der Waals surface area contributed by atoms with Crippen molar-refractivity contribution in [3.8, 4) is 5.75 Å². The van der Waals surface area contributed by atoms with E-state index in [0.29, 0.717) is 0 Å². The number of benzene rings is 1. The van der Waals surface area contributed by atoms with E-state index >= 15 is 0 Å². The van der Waals surface area contributed by atoms with E-state index in [1.165, 1.54) is 12.2 Å². The molecule has 0 fully saturated rings. The molecule has 13 heteroatoms. The summed E-state index contributed by atoms with van der Waals surface area (Å²) in [6.45, 7) is 0.546. The number of esters is 1. The van der Waals surface area contributed by atoms with Gasteiger partial charge in [-0.15, -0.1) is 0 Å². The molecule has 0 saturated carbocycles. The van der Waals surface area contributed by atoms with Gasteiger partial charge in [-0.05, 0) is 0 Å². The molecular weight excluding hydrogens is 449 g/mol. The summed E-state index contributed by atoms with van der Waals surface area (Å²) in [6, 6.07) is 0. The van der Waals surface area contributed by atoms with Crippen LogP contribution in [0.1, 0.15) is 6.42 Å². The lowest BCUT2D eigenvalue weighted by molar-refractivity contribution is -0.138. The van der Waals surface area contributed by atoms with Crippen LogP contribution in [0.25, 0.3) is 0 Å². The molecule has 32 heavy (non-hydrogen) atoms. The third kappa shape index (κ3) is 6.80. The van der Waals surface area contributed by atoms with Crippen LogP contribution in [0.5, 0.6) is 5.75 Å². The van der Waals surface area contributed by atoms with E-state index in [-0.39, 0.29) is 46.2 Å². The first-order valence-electron chi connectivity index (χ1n) is 9.23. The largest absolute Gasteiger partial charge is 0.420 e. The van der Waals surface area contributed by atoms with Crippen molar-refractivity contribution in [2.24, 2.45) is 0 Å². The third-order valence-corrected chi connectivity index (χ3v) is 3.94. The molecular formula is C19H18F5NO7. The lowest BCUT2D eigenvalue weighted by Crippen LogP contribution is -2.33. The van der Waals surface area contributed by atoms with Gasteiger partial charge in [-0.2, -0.15) is 8.78 Å². The number of rotatable bonds is 13. The van der Waals surface area contributed by atoms with E-state index in [1.54, 1.807) is 0 Å². The van der Waals surface area contributed by atoms with Crippen LogP contribution in [-0.2, 0) is 28.6 Å². The first kappa shape index (κ1) is 25.4. The van der Waals surface area contributed by atoms with Crippen LogP contribution in [0.2, 0.25) is 0 Å². The molecule has 0 saturated heterocycles. The van der Waals surface area contributed by atoms with E-state index < -0.39 is 59.0 Å². The maximum absolute atomic E-state index is 13.4. The highest BCUT2D eigenvalue weighted by Gasteiger charge is 2.28. The van der Waals surface area contributed by atoms with E-state index in [2.05, 4.69) is 4.74 Å². The molecule has 0 bridgehead atoms. The summed E-state index contributed by atoms with van der Waals surface area (Å²) in [5.74, 6) is -15.0. The number of hydrogen-bond acceptors (Lipinski definition) is 7. The molecule has 0 spiro atoms. The molecule has 176 valence electrons. The molecule has 0 atom stereocenters. The normalized spacial score (nSPS) is 13.3. The fourth-order valence-corrected chi connectivity index (χ4v) is 2.34. The monoisotopic (exact) mass is 467 g/mol. The Morgan fingerprint density at radius 2 is 1.12 bits per heavy atom. The molecule has 0 aliphatic carbocycles. The number of halogens is 5. The number of ether oxygens (including phenoxy) is 4. The van der Waals surface area contributed by atoms with Crippen LogP contribution in [0.3, 0.4) is 0 Å². The number of carbonyl (C=O) groups excluding carboxylic acids is 3. The van der Waals surface area contributed by atoms with Crippen LogP contribution in [0, 0.1) is 29.1 Å². The number of nitrogens with zero attached hydrogens (tertiary/aromatic N) is 1. The predicted molar refractivity (Wildman–Crippen MR) is 94.8 cm³/mol. The smallest absolute Gasteiger partial charge is 0.313 e. The van der Waals surface area contributed by atoms with Crippen LogP contribution >= 0.6 is 0 Å². The summed E-state index contributed by atoms with van der Waals surface area (Å²) in [6.07, 6.45) is 1.83. The Bertz CT molecular complexity index is 846.